The molecule has 0 spiro atoms. The molecule has 15 heavy (non-hydrogen) atoms. The summed E-state index contributed by atoms with van der Waals surface area (Å²) < 4.78 is 0. The van der Waals surface area contributed by atoms with Crippen molar-refractivity contribution in [2.75, 3.05) is 19.4 Å². The third-order valence-corrected chi connectivity index (χ3v) is 2.14. The largest absolute Gasteiger partial charge is 0.366 e. The minimum atomic E-state index is -0.117. The molecule has 0 atom stereocenters. The van der Waals surface area contributed by atoms with E-state index in [0.717, 1.165) is 5.69 Å². The van der Waals surface area contributed by atoms with Crippen LogP contribution in [0, 0.1) is 0 Å². The van der Waals surface area contributed by atoms with Gasteiger partial charge in [-0.15, -0.1) is 0 Å². The van der Waals surface area contributed by atoms with E-state index in [4.69, 9.17) is 12.2 Å². The van der Waals surface area contributed by atoms with Gasteiger partial charge >= 0.3 is 0 Å². The van der Waals surface area contributed by atoms with Crippen LogP contribution in [0.25, 0.3) is 0 Å². The Labute approximate surface area is 94.1 Å². The van der Waals surface area contributed by atoms with Crippen molar-refractivity contribution in [1.82, 2.24) is 10.6 Å². The zero-order valence-corrected chi connectivity index (χ0v) is 9.44. The van der Waals surface area contributed by atoms with Crippen LogP contribution < -0.4 is 16.0 Å². The molecule has 80 valence electrons. The number of nitrogens with one attached hydrogen (secondary N) is 3. The number of carbonyl (C=O) groups is 1. The molecule has 4 nitrogen and oxygen atoms in total. The second kappa shape index (κ2) is 5.31. The van der Waals surface area contributed by atoms with Gasteiger partial charge in [-0.1, -0.05) is 6.07 Å². The monoisotopic (exact) mass is 223 g/mol. The molecule has 3 N–H and O–H groups in total. The Morgan fingerprint density at radius 2 is 2.00 bits per heavy atom. The van der Waals surface area contributed by atoms with E-state index in [1.807, 2.05) is 6.07 Å². The van der Waals surface area contributed by atoms with Gasteiger partial charge in [-0.3, -0.25) is 4.79 Å². The van der Waals surface area contributed by atoms with Crippen LogP contribution in [0.1, 0.15) is 10.4 Å². The second-order valence-corrected chi connectivity index (χ2v) is 3.27. The summed E-state index contributed by atoms with van der Waals surface area (Å²) in [5, 5.41) is 8.83. The zero-order valence-electron chi connectivity index (χ0n) is 8.63. The van der Waals surface area contributed by atoms with Crippen LogP contribution in [0.15, 0.2) is 24.3 Å². The molecule has 1 amide bonds. The van der Waals surface area contributed by atoms with Crippen LogP contribution >= 0.6 is 12.2 Å². The number of thiocarbonyl (C=S) groups is 1. The third-order valence-electron chi connectivity index (χ3n) is 1.84. The number of anilines is 1. The van der Waals surface area contributed by atoms with E-state index in [-0.39, 0.29) is 5.91 Å². The van der Waals surface area contributed by atoms with Gasteiger partial charge in [0.1, 0.15) is 0 Å². The van der Waals surface area contributed by atoms with E-state index in [1.54, 1.807) is 32.3 Å². The Hall–Kier alpha value is -1.62. The molecule has 0 unspecified atom stereocenters. The molecule has 1 rings (SSSR count). The Balaban J connectivity index is 2.83. The Morgan fingerprint density at radius 1 is 1.27 bits per heavy atom. The van der Waals surface area contributed by atoms with E-state index in [1.165, 1.54) is 0 Å². The highest BCUT2D eigenvalue weighted by molar-refractivity contribution is 7.80. The lowest BCUT2D eigenvalue weighted by Crippen LogP contribution is -2.24. The van der Waals surface area contributed by atoms with E-state index in [0.29, 0.717) is 10.7 Å². The molecular formula is C10H13N3OS. The van der Waals surface area contributed by atoms with Gasteiger partial charge in [0.2, 0.25) is 0 Å². The van der Waals surface area contributed by atoms with E-state index in [2.05, 4.69) is 16.0 Å². The van der Waals surface area contributed by atoms with Crippen LogP contribution in [0.3, 0.4) is 0 Å². The molecular weight excluding hydrogens is 210 g/mol. The first-order valence-corrected chi connectivity index (χ1v) is 4.89. The van der Waals surface area contributed by atoms with Crippen molar-refractivity contribution >= 4 is 28.9 Å². The van der Waals surface area contributed by atoms with Crippen molar-refractivity contribution in [3.63, 3.8) is 0 Å². The molecule has 0 aliphatic heterocycles. The fourth-order valence-electron chi connectivity index (χ4n) is 1.08. The number of benzene rings is 1. The normalized spacial score (nSPS) is 9.20. The lowest BCUT2D eigenvalue weighted by Gasteiger charge is -2.08. The van der Waals surface area contributed by atoms with E-state index < -0.39 is 0 Å². The van der Waals surface area contributed by atoms with Crippen LogP contribution in [0.5, 0.6) is 0 Å². The van der Waals surface area contributed by atoms with Crippen LogP contribution in [0.2, 0.25) is 0 Å². The molecule has 0 heterocycles. The predicted octanol–water partition coefficient (Wildman–Crippen LogP) is 0.962. The maximum absolute atomic E-state index is 11.3. The molecule has 0 aromatic heterocycles. The van der Waals surface area contributed by atoms with Gasteiger partial charge in [0.05, 0.1) is 0 Å². The summed E-state index contributed by atoms with van der Waals surface area (Å²) in [6.45, 7) is 0. The van der Waals surface area contributed by atoms with Crippen LogP contribution in [-0.2, 0) is 0 Å². The quantitative estimate of drug-likeness (QED) is 0.654. The SMILES string of the molecule is CNC(=O)c1cccc(NC(=S)NC)c1. The summed E-state index contributed by atoms with van der Waals surface area (Å²) in [5.41, 5.74) is 1.39. The van der Waals surface area contributed by atoms with Crippen LogP contribution in [-0.4, -0.2) is 25.1 Å². The van der Waals surface area contributed by atoms with Gasteiger partial charge in [0.15, 0.2) is 5.11 Å². The number of rotatable bonds is 2. The summed E-state index contributed by atoms with van der Waals surface area (Å²) in [6.07, 6.45) is 0. The zero-order chi connectivity index (χ0) is 11.3. The summed E-state index contributed by atoms with van der Waals surface area (Å²) in [4.78, 5) is 11.3. The van der Waals surface area contributed by atoms with Gasteiger partial charge < -0.3 is 16.0 Å². The van der Waals surface area contributed by atoms with Crippen molar-refractivity contribution in [1.29, 1.82) is 0 Å². The Bertz CT molecular complexity index is 379. The van der Waals surface area contributed by atoms with Crippen molar-refractivity contribution in [3.8, 4) is 0 Å². The molecule has 1 aromatic carbocycles. The van der Waals surface area contributed by atoms with Crippen LogP contribution in [0.4, 0.5) is 5.69 Å². The standard InChI is InChI=1S/C10H13N3OS/c1-11-9(14)7-4-3-5-8(6-7)13-10(15)12-2/h3-6H,1-2H3,(H,11,14)(H2,12,13,15). The molecule has 0 aliphatic rings. The van der Waals surface area contributed by atoms with Crippen molar-refractivity contribution < 1.29 is 4.79 Å². The average Bonchev–Trinajstić information content (AvgIpc) is 2.28. The topological polar surface area (TPSA) is 53.2 Å². The second-order valence-electron chi connectivity index (χ2n) is 2.86. The lowest BCUT2D eigenvalue weighted by atomic mass is 10.2. The van der Waals surface area contributed by atoms with E-state index >= 15 is 0 Å². The molecule has 5 heteroatoms. The highest BCUT2D eigenvalue weighted by Gasteiger charge is 2.03. The number of amides is 1. The Morgan fingerprint density at radius 3 is 2.60 bits per heavy atom. The summed E-state index contributed by atoms with van der Waals surface area (Å²) >= 11 is 4.95. The van der Waals surface area contributed by atoms with Crippen molar-refractivity contribution in [2.24, 2.45) is 0 Å². The first-order valence-electron chi connectivity index (χ1n) is 4.48. The van der Waals surface area contributed by atoms with Crippen molar-refractivity contribution in [3.05, 3.63) is 29.8 Å². The number of hydrogen-bond donors (Lipinski definition) is 3. The van der Waals surface area contributed by atoms with E-state index in [9.17, 15) is 4.79 Å². The van der Waals surface area contributed by atoms with Gasteiger partial charge in [-0.25, -0.2) is 0 Å². The maximum Gasteiger partial charge on any atom is 0.251 e. The molecule has 0 radical (unpaired) electrons. The van der Waals surface area contributed by atoms with Gasteiger partial charge in [0, 0.05) is 25.3 Å². The predicted molar refractivity (Wildman–Crippen MR) is 65.1 cm³/mol. The average molecular weight is 223 g/mol. The highest BCUT2D eigenvalue weighted by atomic mass is 32.1. The minimum Gasteiger partial charge on any atom is -0.366 e. The molecule has 0 fully saturated rings. The van der Waals surface area contributed by atoms with Crippen molar-refractivity contribution in [2.45, 2.75) is 0 Å². The number of carbonyl (C=O) groups excluding carboxylic acids is 1. The molecule has 0 saturated heterocycles. The van der Waals surface area contributed by atoms with Gasteiger partial charge in [-0.05, 0) is 30.4 Å². The van der Waals surface area contributed by atoms with Gasteiger partial charge in [-0.2, -0.15) is 0 Å². The third kappa shape index (κ3) is 3.21. The smallest absolute Gasteiger partial charge is 0.251 e. The molecule has 0 bridgehead atoms. The summed E-state index contributed by atoms with van der Waals surface area (Å²) in [6, 6.07) is 7.12. The molecule has 1 aromatic rings. The number of hydrogen-bond acceptors (Lipinski definition) is 2. The summed E-state index contributed by atoms with van der Waals surface area (Å²) in [5.74, 6) is -0.117. The Kier molecular flexibility index (Phi) is 4.05. The minimum absolute atomic E-state index is 0.117. The molecule has 0 saturated carbocycles. The summed E-state index contributed by atoms with van der Waals surface area (Å²) in [7, 11) is 3.33. The maximum atomic E-state index is 11.3. The lowest BCUT2D eigenvalue weighted by molar-refractivity contribution is 0.0963. The fourth-order valence-corrected chi connectivity index (χ4v) is 1.19. The first-order chi connectivity index (χ1) is 7.17. The fraction of sp³-hybridized carbons (Fsp3) is 0.200. The highest BCUT2D eigenvalue weighted by Crippen LogP contribution is 2.10. The van der Waals surface area contributed by atoms with Gasteiger partial charge in [0.25, 0.3) is 5.91 Å². The molecule has 0 aliphatic carbocycles. The first kappa shape index (κ1) is 11.5.